The van der Waals surface area contributed by atoms with Crippen LogP contribution in [-0.2, 0) is 16.0 Å². The third kappa shape index (κ3) is 6.47. The fourth-order valence-corrected chi connectivity index (χ4v) is 3.04. The highest BCUT2D eigenvalue weighted by molar-refractivity contribution is 5.96. The third-order valence-electron chi connectivity index (χ3n) is 4.90. The average molecular weight is 425 g/mol. The number of benzene rings is 2. The molecule has 0 heterocycles. The molecule has 2 aromatic carbocycles. The van der Waals surface area contributed by atoms with Crippen molar-refractivity contribution in [2.75, 3.05) is 32.6 Å². The number of carbonyl (C=O) groups is 3. The van der Waals surface area contributed by atoms with Gasteiger partial charge in [0.15, 0.2) is 11.5 Å². The molecule has 164 valence electrons. The van der Waals surface area contributed by atoms with Gasteiger partial charge in [-0.15, -0.1) is 0 Å². The van der Waals surface area contributed by atoms with Gasteiger partial charge in [0.05, 0.1) is 20.6 Å². The van der Waals surface area contributed by atoms with Crippen LogP contribution in [0.15, 0.2) is 42.5 Å². The molecule has 0 bridgehead atoms. The number of rotatable bonds is 10. The predicted molar refractivity (Wildman–Crippen MR) is 116 cm³/mol. The van der Waals surface area contributed by atoms with Gasteiger partial charge in [0.2, 0.25) is 11.8 Å². The lowest BCUT2D eigenvalue weighted by Crippen LogP contribution is -2.35. The van der Waals surface area contributed by atoms with Crippen LogP contribution in [0.25, 0.3) is 0 Å². The SMILES string of the molecule is COc1ccc(CC(=O)Nc2ccc(C(=O)NCCNC(=O)C3CC3)cc2)cc1OC. The molecule has 1 aliphatic carbocycles. The van der Waals surface area contributed by atoms with Gasteiger partial charge in [-0.25, -0.2) is 0 Å². The summed E-state index contributed by atoms with van der Waals surface area (Å²) in [6, 6.07) is 12.0. The largest absolute Gasteiger partial charge is 0.493 e. The van der Waals surface area contributed by atoms with Crippen molar-refractivity contribution in [1.82, 2.24) is 10.6 Å². The maximum Gasteiger partial charge on any atom is 0.251 e. The highest BCUT2D eigenvalue weighted by Crippen LogP contribution is 2.29. The van der Waals surface area contributed by atoms with E-state index in [0.717, 1.165) is 18.4 Å². The van der Waals surface area contributed by atoms with Crippen molar-refractivity contribution < 1.29 is 23.9 Å². The van der Waals surface area contributed by atoms with Gasteiger partial charge in [0, 0.05) is 30.3 Å². The maximum absolute atomic E-state index is 12.3. The van der Waals surface area contributed by atoms with E-state index >= 15 is 0 Å². The number of ether oxygens (including phenoxy) is 2. The van der Waals surface area contributed by atoms with E-state index in [2.05, 4.69) is 16.0 Å². The minimum absolute atomic E-state index is 0.0578. The number of hydrogen-bond acceptors (Lipinski definition) is 5. The molecular weight excluding hydrogens is 398 g/mol. The lowest BCUT2D eigenvalue weighted by Gasteiger charge is -2.10. The Labute approximate surface area is 181 Å². The molecule has 2 aromatic rings. The second kappa shape index (κ2) is 10.5. The second-order valence-electron chi connectivity index (χ2n) is 7.31. The maximum atomic E-state index is 12.3. The van der Waals surface area contributed by atoms with Gasteiger partial charge < -0.3 is 25.4 Å². The Kier molecular flexibility index (Phi) is 7.48. The zero-order chi connectivity index (χ0) is 22.2. The van der Waals surface area contributed by atoms with Crippen LogP contribution in [0.5, 0.6) is 11.5 Å². The normalized spacial score (nSPS) is 12.6. The van der Waals surface area contributed by atoms with Crippen LogP contribution in [0.1, 0.15) is 28.8 Å². The summed E-state index contributed by atoms with van der Waals surface area (Å²) >= 11 is 0. The van der Waals surface area contributed by atoms with Crippen LogP contribution < -0.4 is 25.4 Å². The molecule has 0 unspecified atom stereocenters. The van der Waals surface area contributed by atoms with Crippen molar-refractivity contribution in [2.24, 2.45) is 5.92 Å². The van der Waals surface area contributed by atoms with Crippen molar-refractivity contribution in [3.8, 4) is 11.5 Å². The molecule has 0 aromatic heterocycles. The molecule has 31 heavy (non-hydrogen) atoms. The lowest BCUT2D eigenvalue weighted by molar-refractivity contribution is -0.122. The van der Waals surface area contributed by atoms with Gasteiger partial charge >= 0.3 is 0 Å². The average Bonchev–Trinajstić information content (AvgIpc) is 3.62. The van der Waals surface area contributed by atoms with Gasteiger partial charge in [-0.3, -0.25) is 14.4 Å². The summed E-state index contributed by atoms with van der Waals surface area (Å²) in [5.41, 5.74) is 1.87. The molecule has 8 nitrogen and oxygen atoms in total. The van der Waals surface area contributed by atoms with E-state index in [1.165, 1.54) is 0 Å². The molecular formula is C23H27N3O5. The summed E-state index contributed by atoms with van der Waals surface area (Å²) in [7, 11) is 3.10. The Hall–Kier alpha value is -3.55. The molecule has 3 amide bonds. The number of methoxy groups -OCH3 is 2. The summed E-state index contributed by atoms with van der Waals surface area (Å²) in [5, 5.41) is 8.38. The van der Waals surface area contributed by atoms with E-state index in [9.17, 15) is 14.4 Å². The van der Waals surface area contributed by atoms with Gasteiger partial charge in [0.1, 0.15) is 0 Å². The molecule has 1 fully saturated rings. The molecule has 3 rings (SSSR count). The van der Waals surface area contributed by atoms with Crippen molar-refractivity contribution in [1.29, 1.82) is 0 Å². The van der Waals surface area contributed by atoms with Gasteiger partial charge in [-0.05, 0) is 54.8 Å². The topological polar surface area (TPSA) is 106 Å². The van der Waals surface area contributed by atoms with Crippen molar-refractivity contribution in [3.05, 3.63) is 53.6 Å². The highest BCUT2D eigenvalue weighted by Gasteiger charge is 2.29. The standard InChI is InChI=1S/C23H27N3O5/c1-30-19-10-3-15(13-20(19)31-2)14-21(27)26-18-8-6-17(7-9-18)23(29)25-12-11-24-22(28)16-4-5-16/h3,6-10,13,16H,4-5,11-12,14H2,1-2H3,(H,24,28)(H,25,29)(H,26,27). The molecule has 0 saturated heterocycles. The minimum Gasteiger partial charge on any atom is -0.493 e. The monoisotopic (exact) mass is 425 g/mol. The molecule has 3 N–H and O–H groups in total. The zero-order valence-corrected chi connectivity index (χ0v) is 17.7. The first-order valence-corrected chi connectivity index (χ1v) is 10.2. The summed E-state index contributed by atoms with van der Waals surface area (Å²) in [4.78, 5) is 36.1. The molecule has 1 saturated carbocycles. The molecule has 1 aliphatic rings. The van der Waals surface area contributed by atoms with Crippen LogP contribution in [0.2, 0.25) is 0 Å². The van der Waals surface area contributed by atoms with Gasteiger partial charge in [0.25, 0.3) is 5.91 Å². The Morgan fingerprint density at radius 3 is 2.23 bits per heavy atom. The van der Waals surface area contributed by atoms with Crippen LogP contribution in [-0.4, -0.2) is 45.0 Å². The second-order valence-corrected chi connectivity index (χ2v) is 7.31. The van der Waals surface area contributed by atoms with E-state index in [0.29, 0.717) is 35.8 Å². The smallest absolute Gasteiger partial charge is 0.251 e. The Morgan fingerprint density at radius 1 is 0.903 bits per heavy atom. The lowest BCUT2D eigenvalue weighted by atomic mass is 10.1. The van der Waals surface area contributed by atoms with E-state index in [4.69, 9.17) is 9.47 Å². The first-order chi connectivity index (χ1) is 15.0. The Balaban J connectivity index is 1.45. The molecule has 0 aliphatic heterocycles. The van der Waals surface area contributed by atoms with Crippen LogP contribution in [0.4, 0.5) is 5.69 Å². The summed E-state index contributed by atoms with van der Waals surface area (Å²) in [5.74, 6) is 0.966. The molecule has 0 spiro atoms. The first kappa shape index (κ1) is 22.1. The van der Waals surface area contributed by atoms with E-state index in [-0.39, 0.29) is 30.1 Å². The fraction of sp³-hybridized carbons (Fsp3) is 0.348. The first-order valence-electron chi connectivity index (χ1n) is 10.2. The molecule has 0 atom stereocenters. The molecule has 8 heteroatoms. The van der Waals surface area contributed by atoms with E-state index in [1.54, 1.807) is 56.7 Å². The Bertz CT molecular complexity index is 939. The zero-order valence-electron chi connectivity index (χ0n) is 17.7. The van der Waals surface area contributed by atoms with Crippen molar-refractivity contribution in [3.63, 3.8) is 0 Å². The van der Waals surface area contributed by atoms with E-state index < -0.39 is 0 Å². The minimum atomic E-state index is -0.233. The van der Waals surface area contributed by atoms with Crippen molar-refractivity contribution in [2.45, 2.75) is 19.3 Å². The van der Waals surface area contributed by atoms with Crippen molar-refractivity contribution >= 4 is 23.4 Å². The predicted octanol–water partition coefficient (Wildman–Crippen LogP) is 2.14. The number of carbonyl (C=O) groups excluding carboxylic acids is 3. The number of nitrogens with one attached hydrogen (secondary N) is 3. The number of anilines is 1. The summed E-state index contributed by atoms with van der Waals surface area (Å²) in [6.07, 6.45) is 2.08. The number of hydrogen-bond donors (Lipinski definition) is 3. The van der Waals surface area contributed by atoms with Gasteiger partial charge in [-0.1, -0.05) is 6.07 Å². The molecule has 0 radical (unpaired) electrons. The Morgan fingerprint density at radius 2 is 1.58 bits per heavy atom. The quantitative estimate of drug-likeness (QED) is 0.506. The summed E-state index contributed by atoms with van der Waals surface area (Å²) < 4.78 is 10.5. The van der Waals surface area contributed by atoms with E-state index in [1.807, 2.05) is 0 Å². The number of amides is 3. The van der Waals surface area contributed by atoms with Crippen LogP contribution in [0, 0.1) is 5.92 Å². The van der Waals surface area contributed by atoms with Crippen LogP contribution in [0.3, 0.4) is 0 Å². The van der Waals surface area contributed by atoms with Crippen LogP contribution >= 0.6 is 0 Å². The fourth-order valence-electron chi connectivity index (χ4n) is 3.04. The highest BCUT2D eigenvalue weighted by atomic mass is 16.5. The summed E-state index contributed by atoms with van der Waals surface area (Å²) in [6.45, 7) is 0.770. The van der Waals surface area contributed by atoms with Gasteiger partial charge in [-0.2, -0.15) is 0 Å². The third-order valence-corrected chi connectivity index (χ3v) is 4.90.